The van der Waals surface area contributed by atoms with Crippen LogP contribution in [0.4, 0.5) is 5.69 Å². The topological polar surface area (TPSA) is 61.8 Å². The van der Waals surface area contributed by atoms with Gasteiger partial charge >= 0.3 is 0 Å². The largest absolute Gasteiger partial charge is 0.409 e. The molecule has 0 spiro atoms. The smallest absolute Gasteiger partial charge is 0.170 e. The van der Waals surface area contributed by atoms with Gasteiger partial charge in [0.05, 0.1) is 10.7 Å². The zero-order valence-corrected chi connectivity index (χ0v) is 11.9. The molecule has 1 aliphatic rings. The minimum Gasteiger partial charge on any atom is -0.409 e. The molecule has 0 saturated carbocycles. The summed E-state index contributed by atoms with van der Waals surface area (Å²) >= 11 is 6.32. The number of anilines is 1. The summed E-state index contributed by atoms with van der Waals surface area (Å²) in [5.74, 6) is 0.826. The van der Waals surface area contributed by atoms with Crippen LogP contribution >= 0.6 is 11.6 Å². The van der Waals surface area contributed by atoms with Gasteiger partial charge in [-0.25, -0.2) is 0 Å². The van der Waals surface area contributed by atoms with Gasteiger partial charge in [0.1, 0.15) is 0 Å². The van der Waals surface area contributed by atoms with Crippen LogP contribution in [-0.4, -0.2) is 24.1 Å². The Morgan fingerprint density at radius 3 is 3.00 bits per heavy atom. The molecule has 1 fully saturated rings. The molecule has 4 nitrogen and oxygen atoms in total. The Hall–Kier alpha value is -1.42. The minimum atomic E-state index is 0.0820. The average Bonchev–Trinajstić information content (AvgIpc) is 2.46. The number of oxime groups is 1. The molecule has 5 heteroatoms. The number of amidine groups is 1. The Kier molecular flexibility index (Phi) is 4.53. The summed E-state index contributed by atoms with van der Waals surface area (Å²) in [4.78, 5) is 2.33. The van der Waals surface area contributed by atoms with Crippen molar-refractivity contribution in [2.75, 3.05) is 18.0 Å². The molecule has 104 valence electrons. The Balaban J connectivity index is 2.21. The van der Waals surface area contributed by atoms with Crippen molar-refractivity contribution in [3.8, 4) is 0 Å². The second kappa shape index (κ2) is 6.15. The summed E-state index contributed by atoms with van der Waals surface area (Å²) in [6.07, 6.45) is 3.71. The van der Waals surface area contributed by atoms with Crippen LogP contribution in [0.1, 0.15) is 31.7 Å². The highest BCUT2D eigenvalue weighted by molar-refractivity contribution is 6.33. The van der Waals surface area contributed by atoms with Crippen molar-refractivity contribution >= 4 is 23.1 Å². The van der Waals surface area contributed by atoms with Gasteiger partial charge in [0.2, 0.25) is 0 Å². The van der Waals surface area contributed by atoms with Crippen LogP contribution in [0.15, 0.2) is 23.4 Å². The predicted octanol–water partition coefficient (Wildman–Crippen LogP) is 3.06. The third-order valence-electron chi connectivity index (χ3n) is 3.79. The fraction of sp³-hybridized carbons (Fsp3) is 0.500. The van der Waals surface area contributed by atoms with Crippen molar-refractivity contribution in [1.82, 2.24) is 0 Å². The molecule has 1 unspecified atom stereocenters. The highest BCUT2D eigenvalue weighted by Gasteiger charge is 2.20. The molecule has 0 aromatic heterocycles. The number of hydrogen-bond acceptors (Lipinski definition) is 3. The van der Waals surface area contributed by atoms with E-state index in [2.05, 4.69) is 17.0 Å². The maximum atomic E-state index is 8.67. The molecular formula is C14H20ClN3O. The molecule has 1 heterocycles. The molecule has 0 radical (unpaired) electrons. The fourth-order valence-electron chi connectivity index (χ4n) is 2.60. The first-order valence-electron chi connectivity index (χ1n) is 6.68. The quantitative estimate of drug-likeness (QED) is 0.387. The number of rotatable bonds is 3. The monoisotopic (exact) mass is 281 g/mol. The lowest BCUT2D eigenvalue weighted by molar-refractivity contribution is 0.318. The van der Waals surface area contributed by atoms with E-state index in [0.717, 1.165) is 24.7 Å². The number of nitrogens with zero attached hydrogens (tertiary/aromatic N) is 2. The van der Waals surface area contributed by atoms with Gasteiger partial charge in [-0.2, -0.15) is 0 Å². The lowest BCUT2D eigenvalue weighted by atomic mass is 9.95. The number of benzene rings is 1. The van der Waals surface area contributed by atoms with Crippen molar-refractivity contribution in [3.63, 3.8) is 0 Å². The Morgan fingerprint density at radius 1 is 1.58 bits per heavy atom. The number of halogens is 1. The normalized spacial score (nSPS) is 20.6. The van der Waals surface area contributed by atoms with Crippen LogP contribution in [-0.2, 0) is 0 Å². The van der Waals surface area contributed by atoms with Crippen molar-refractivity contribution < 1.29 is 5.21 Å². The predicted molar refractivity (Wildman–Crippen MR) is 79.2 cm³/mol. The second-order valence-corrected chi connectivity index (χ2v) is 5.42. The van der Waals surface area contributed by atoms with Gasteiger partial charge in [0, 0.05) is 18.7 Å². The molecule has 1 atom stereocenters. The van der Waals surface area contributed by atoms with Crippen molar-refractivity contribution in [1.29, 1.82) is 0 Å². The van der Waals surface area contributed by atoms with Crippen LogP contribution in [0.5, 0.6) is 0 Å². The lowest BCUT2D eigenvalue weighted by Gasteiger charge is -2.34. The van der Waals surface area contributed by atoms with E-state index in [1.54, 1.807) is 6.07 Å². The zero-order chi connectivity index (χ0) is 13.8. The van der Waals surface area contributed by atoms with Gasteiger partial charge < -0.3 is 15.8 Å². The van der Waals surface area contributed by atoms with Gasteiger partial charge in [-0.05, 0) is 37.0 Å². The standard InChI is InChI=1S/C14H20ClN3O/c1-2-10-4-3-7-18(9-10)13-6-5-11(8-12(13)15)14(16)17-19/h5-6,8,10,19H,2-4,7,9H2,1H3,(H2,16,17). The summed E-state index contributed by atoms with van der Waals surface area (Å²) in [6.45, 7) is 4.33. The van der Waals surface area contributed by atoms with Crippen molar-refractivity contribution in [3.05, 3.63) is 28.8 Å². The highest BCUT2D eigenvalue weighted by Crippen LogP contribution is 2.31. The van der Waals surface area contributed by atoms with E-state index in [1.807, 2.05) is 12.1 Å². The van der Waals surface area contributed by atoms with Crippen LogP contribution in [0, 0.1) is 5.92 Å². The maximum absolute atomic E-state index is 8.67. The SMILES string of the molecule is CCC1CCCN(c2ccc(C(N)=NO)cc2Cl)C1. The van der Waals surface area contributed by atoms with E-state index in [4.69, 9.17) is 22.5 Å². The number of nitrogens with two attached hydrogens (primary N) is 1. The molecule has 1 saturated heterocycles. The Bertz CT molecular complexity index is 476. The highest BCUT2D eigenvalue weighted by atomic mass is 35.5. The Morgan fingerprint density at radius 2 is 2.37 bits per heavy atom. The summed E-state index contributed by atoms with van der Waals surface area (Å²) in [5.41, 5.74) is 7.24. The first kappa shape index (κ1) is 14.0. The summed E-state index contributed by atoms with van der Waals surface area (Å²) in [7, 11) is 0. The molecule has 1 aliphatic heterocycles. The molecule has 0 aliphatic carbocycles. The van der Waals surface area contributed by atoms with Gasteiger partial charge in [0.25, 0.3) is 0 Å². The third-order valence-corrected chi connectivity index (χ3v) is 4.09. The summed E-state index contributed by atoms with van der Waals surface area (Å²) < 4.78 is 0. The Labute approximate surface area is 118 Å². The summed E-state index contributed by atoms with van der Waals surface area (Å²) in [5, 5.41) is 12.3. The van der Waals surface area contributed by atoms with Crippen LogP contribution in [0.3, 0.4) is 0 Å². The molecule has 2 rings (SSSR count). The van der Waals surface area contributed by atoms with E-state index < -0.39 is 0 Å². The van der Waals surface area contributed by atoms with E-state index in [0.29, 0.717) is 10.6 Å². The van der Waals surface area contributed by atoms with Crippen molar-refractivity contribution in [2.24, 2.45) is 16.8 Å². The van der Waals surface area contributed by atoms with E-state index in [9.17, 15) is 0 Å². The molecular weight excluding hydrogens is 262 g/mol. The van der Waals surface area contributed by atoms with Gasteiger partial charge in [-0.15, -0.1) is 0 Å². The molecule has 3 N–H and O–H groups in total. The van der Waals surface area contributed by atoms with E-state index in [1.165, 1.54) is 19.3 Å². The summed E-state index contributed by atoms with van der Waals surface area (Å²) in [6, 6.07) is 5.54. The molecule has 0 amide bonds. The molecule has 1 aromatic carbocycles. The average molecular weight is 282 g/mol. The zero-order valence-electron chi connectivity index (χ0n) is 11.1. The van der Waals surface area contributed by atoms with Crippen LogP contribution < -0.4 is 10.6 Å². The number of piperidine rings is 1. The molecule has 19 heavy (non-hydrogen) atoms. The van der Waals surface area contributed by atoms with Gasteiger partial charge in [-0.3, -0.25) is 0 Å². The van der Waals surface area contributed by atoms with Crippen LogP contribution in [0.25, 0.3) is 0 Å². The van der Waals surface area contributed by atoms with Crippen LogP contribution in [0.2, 0.25) is 5.02 Å². The lowest BCUT2D eigenvalue weighted by Crippen LogP contribution is -2.35. The van der Waals surface area contributed by atoms with Gasteiger partial charge in [0.15, 0.2) is 5.84 Å². The number of hydrogen-bond donors (Lipinski definition) is 2. The van der Waals surface area contributed by atoms with E-state index in [-0.39, 0.29) is 5.84 Å². The maximum Gasteiger partial charge on any atom is 0.170 e. The van der Waals surface area contributed by atoms with E-state index >= 15 is 0 Å². The van der Waals surface area contributed by atoms with Gasteiger partial charge in [-0.1, -0.05) is 30.1 Å². The third kappa shape index (κ3) is 3.13. The minimum absolute atomic E-state index is 0.0820. The van der Waals surface area contributed by atoms with Crippen molar-refractivity contribution in [2.45, 2.75) is 26.2 Å². The fourth-order valence-corrected chi connectivity index (χ4v) is 2.90. The second-order valence-electron chi connectivity index (χ2n) is 5.01. The first-order chi connectivity index (χ1) is 9.15. The first-order valence-corrected chi connectivity index (χ1v) is 7.06. The molecule has 1 aromatic rings. The molecule has 0 bridgehead atoms.